The highest BCUT2D eigenvalue weighted by Gasteiger charge is 2.42. The van der Waals surface area contributed by atoms with E-state index >= 15 is 0 Å². The van der Waals surface area contributed by atoms with Crippen molar-refractivity contribution < 1.29 is 9.53 Å². The predicted octanol–water partition coefficient (Wildman–Crippen LogP) is 2.84. The third-order valence-electron chi connectivity index (χ3n) is 5.39. The van der Waals surface area contributed by atoms with Crippen molar-refractivity contribution in [3.8, 4) is 0 Å². The second kappa shape index (κ2) is 11.4. The molecule has 0 aromatic heterocycles. The first kappa shape index (κ1) is 24.5. The molecule has 0 spiro atoms. The number of rotatable bonds is 5. The highest BCUT2D eigenvalue weighted by molar-refractivity contribution is 6.30. The Morgan fingerprint density at radius 1 is 1.19 bits per heavy atom. The molecule has 1 amide bonds. The number of hydrogen-bond acceptors (Lipinski definition) is 4. The summed E-state index contributed by atoms with van der Waals surface area (Å²) in [5, 5.41) is 4.13. The predicted molar refractivity (Wildman–Crippen MR) is 114 cm³/mol. The first-order valence-electron chi connectivity index (χ1n) is 9.09. The van der Waals surface area contributed by atoms with E-state index in [4.69, 9.17) is 16.3 Å². The van der Waals surface area contributed by atoms with Crippen molar-refractivity contribution in [1.82, 2.24) is 15.1 Å². The first-order chi connectivity index (χ1) is 12.1. The number of halogens is 3. The average Bonchev–Trinajstić information content (AvgIpc) is 2.63. The molecule has 0 saturated carbocycles. The van der Waals surface area contributed by atoms with Gasteiger partial charge in [0.05, 0.1) is 12.0 Å². The fraction of sp³-hybridized carbons (Fsp3) is 0.632. The molecule has 2 aliphatic heterocycles. The summed E-state index contributed by atoms with van der Waals surface area (Å²) in [6.07, 6.45) is 1.73. The number of benzene rings is 1. The number of nitrogens with one attached hydrogen (secondary N) is 1. The zero-order valence-corrected chi connectivity index (χ0v) is 18.2. The standard InChI is InChI=1S/C19H28ClN3O2.2ClH/c1-25-15-19(5-7-21-8-6-19)18(24)23-11-9-22(10-12-23)14-16-3-2-4-17(20)13-16;;/h2-4,13,21H,5-12,14-15H2,1H3;2*1H. The molecule has 0 aliphatic carbocycles. The zero-order chi connectivity index (χ0) is 17.7. The summed E-state index contributed by atoms with van der Waals surface area (Å²) in [5.41, 5.74) is 0.885. The summed E-state index contributed by atoms with van der Waals surface area (Å²) in [6.45, 7) is 6.58. The van der Waals surface area contributed by atoms with Crippen LogP contribution in [0.5, 0.6) is 0 Å². The Labute approximate surface area is 179 Å². The molecule has 1 N–H and O–H groups in total. The minimum absolute atomic E-state index is 0. The Morgan fingerprint density at radius 3 is 2.44 bits per heavy atom. The smallest absolute Gasteiger partial charge is 0.231 e. The maximum absolute atomic E-state index is 13.2. The van der Waals surface area contributed by atoms with E-state index in [2.05, 4.69) is 16.3 Å². The van der Waals surface area contributed by atoms with Gasteiger partial charge >= 0.3 is 0 Å². The number of piperazine rings is 1. The lowest BCUT2D eigenvalue weighted by Gasteiger charge is -2.42. The molecule has 1 aromatic rings. The highest BCUT2D eigenvalue weighted by atomic mass is 35.5. The van der Waals surface area contributed by atoms with Crippen LogP contribution in [0.1, 0.15) is 18.4 Å². The van der Waals surface area contributed by atoms with E-state index in [1.807, 2.05) is 23.1 Å². The van der Waals surface area contributed by atoms with Crippen molar-refractivity contribution in [1.29, 1.82) is 0 Å². The van der Waals surface area contributed by atoms with Gasteiger partial charge in [-0.05, 0) is 43.6 Å². The van der Waals surface area contributed by atoms with Gasteiger partial charge in [-0.1, -0.05) is 23.7 Å². The van der Waals surface area contributed by atoms with Crippen molar-refractivity contribution in [3.63, 3.8) is 0 Å². The van der Waals surface area contributed by atoms with E-state index in [9.17, 15) is 4.79 Å². The maximum atomic E-state index is 13.2. The van der Waals surface area contributed by atoms with Crippen molar-refractivity contribution in [2.75, 3.05) is 53.0 Å². The van der Waals surface area contributed by atoms with Gasteiger partial charge in [-0.3, -0.25) is 9.69 Å². The van der Waals surface area contributed by atoms with E-state index in [1.165, 1.54) is 5.56 Å². The molecule has 0 atom stereocenters. The SMILES string of the molecule is COCC1(C(=O)N2CCN(Cc3cccc(Cl)c3)CC2)CCNCC1.Cl.Cl. The van der Waals surface area contributed by atoms with Gasteiger partial charge in [-0.15, -0.1) is 24.8 Å². The topological polar surface area (TPSA) is 44.8 Å². The molecular weight excluding hydrogens is 409 g/mol. The van der Waals surface area contributed by atoms with Crippen LogP contribution in [0.4, 0.5) is 0 Å². The fourth-order valence-corrected chi connectivity index (χ4v) is 4.15. The summed E-state index contributed by atoms with van der Waals surface area (Å²) in [7, 11) is 1.69. The van der Waals surface area contributed by atoms with E-state index in [1.54, 1.807) is 7.11 Å². The summed E-state index contributed by atoms with van der Waals surface area (Å²) >= 11 is 6.07. The van der Waals surface area contributed by atoms with Gasteiger partial charge in [-0.2, -0.15) is 0 Å². The summed E-state index contributed by atoms with van der Waals surface area (Å²) in [6, 6.07) is 8.01. The van der Waals surface area contributed by atoms with E-state index in [0.29, 0.717) is 6.61 Å². The molecule has 154 valence electrons. The van der Waals surface area contributed by atoms with Gasteiger partial charge in [0.2, 0.25) is 5.91 Å². The van der Waals surface area contributed by atoms with Crippen LogP contribution in [-0.4, -0.2) is 68.7 Å². The molecule has 0 bridgehead atoms. The molecule has 0 radical (unpaired) electrons. The summed E-state index contributed by atoms with van der Waals surface area (Å²) < 4.78 is 5.41. The molecule has 2 aliphatic rings. The first-order valence-corrected chi connectivity index (χ1v) is 9.47. The minimum Gasteiger partial charge on any atom is -0.384 e. The Bertz CT molecular complexity index is 584. The molecular formula is C19H30Cl3N3O2. The van der Waals surface area contributed by atoms with Crippen molar-refractivity contribution in [3.05, 3.63) is 34.9 Å². The van der Waals surface area contributed by atoms with Gasteiger partial charge in [0.1, 0.15) is 0 Å². The molecule has 2 heterocycles. The number of ether oxygens (including phenoxy) is 1. The number of amides is 1. The summed E-state index contributed by atoms with van der Waals surface area (Å²) in [4.78, 5) is 17.6. The summed E-state index contributed by atoms with van der Waals surface area (Å²) in [5.74, 6) is 0.276. The Kier molecular flexibility index (Phi) is 10.4. The lowest BCUT2D eigenvalue weighted by atomic mass is 9.78. The lowest BCUT2D eigenvalue weighted by molar-refractivity contribution is -0.149. The second-order valence-electron chi connectivity index (χ2n) is 7.16. The van der Waals surface area contributed by atoms with E-state index < -0.39 is 0 Å². The van der Waals surface area contributed by atoms with Crippen LogP contribution in [0.25, 0.3) is 0 Å². The molecule has 1 aromatic carbocycles. The van der Waals surface area contributed by atoms with Crippen LogP contribution < -0.4 is 5.32 Å². The number of carbonyl (C=O) groups excluding carboxylic acids is 1. The van der Waals surface area contributed by atoms with Crippen LogP contribution in [0, 0.1) is 5.41 Å². The second-order valence-corrected chi connectivity index (χ2v) is 7.60. The zero-order valence-electron chi connectivity index (χ0n) is 15.8. The number of piperidine rings is 1. The average molecular weight is 439 g/mol. The molecule has 8 heteroatoms. The van der Waals surface area contributed by atoms with Gasteiger partial charge in [-0.25, -0.2) is 0 Å². The van der Waals surface area contributed by atoms with Gasteiger partial charge in [0.25, 0.3) is 0 Å². The minimum atomic E-state index is -0.338. The third-order valence-corrected chi connectivity index (χ3v) is 5.62. The number of methoxy groups -OCH3 is 1. The van der Waals surface area contributed by atoms with E-state index in [0.717, 1.165) is 63.7 Å². The number of nitrogens with zero attached hydrogens (tertiary/aromatic N) is 2. The van der Waals surface area contributed by atoms with Crippen molar-refractivity contribution >= 4 is 42.3 Å². The van der Waals surface area contributed by atoms with Crippen LogP contribution in [-0.2, 0) is 16.1 Å². The van der Waals surface area contributed by atoms with Crippen LogP contribution >= 0.6 is 36.4 Å². The fourth-order valence-electron chi connectivity index (χ4n) is 3.94. The molecule has 0 unspecified atom stereocenters. The van der Waals surface area contributed by atoms with Gasteiger partial charge in [0.15, 0.2) is 0 Å². The Hall–Kier alpha value is -0.560. The molecule has 27 heavy (non-hydrogen) atoms. The van der Waals surface area contributed by atoms with Crippen LogP contribution in [0.3, 0.4) is 0 Å². The largest absolute Gasteiger partial charge is 0.384 e. The Morgan fingerprint density at radius 2 is 1.85 bits per heavy atom. The van der Waals surface area contributed by atoms with Gasteiger partial charge < -0.3 is 15.0 Å². The maximum Gasteiger partial charge on any atom is 0.231 e. The highest BCUT2D eigenvalue weighted by Crippen LogP contribution is 2.32. The lowest BCUT2D eigenvalue weighted by Crippen LogP contribution is -2.56. The van der Waals surface area contributed by atoms with E-state index in [-0.39, 0.29) is 36.1 Å². The Balaban J connectivity index is 0.00000182. The van der Waals surface area contributed by atoms with Crippen molar-refractivity contribution in [2.24, 2.45) is 5.41 Å². The van der Waals surface area contributed by atoms with Crippen molar-refractivity contribution in [2.45, 2.75) is 19.4 Å². The monoisotopic (exact) mass is 437 g/mol. The number of hydrogen-bond donors (Lipinski definition) is 1. The van der Waals surface area contributed by atoms with Crippen LogP contribution in [0.15, 0.2) is 24.3 Å². The third kappa shape index (κ3) is 6.21. The molecule has 3 rings (SSSR count). The molecule has 2 fully saturated rings. The normalized spacial score (nSPS) is 19.7. The molecule has 2 saturated heterocycles. The van der Waals surface area contributed by atoms with Crippen LogP contribution in [0.2, 0.25) is 5.02 Å². The quantitative estimate of drug-likeness (QED) is 0.768. The number of carbonyl (C=O) groups is 1. The molecule has 5 nitrogen and oxygen atoms in total. The van der Waals surface area contributed by atoms with Gasteiger partial charge in [0, 0.05) is 44.9 Å².